The molecule has 1 saturated carbocycles. The molecule has 1 saturated heterocycles. The van der Waals surface area contributed by atoms with E-state index in [0.717, 1.165) is 12.8 Å². The van der Waals surface area contributed by atoms with Gasteiger partial charge in [0.1, 0.15) is 0 Å². The van der Waals surface area contributed by atoms with Crippen molar-refractivity contribution in [3.63, 3.8) is 0 Å². The van der Waals surface area contributed by atoms with E-state index in [-0.39, 0.29) is 17.9 Å². The van der Waals surface area contributed by atoms with Crippen molar-refractivity contribution >= 4 is 11.8 Å². The number of carbonyl (C=O) groups is 2. The Morgan fingerprint density at radius 1 is 1.41 bits per heavy atom. The summed E-state index contributed by atoms with van der Waals surface area (Å²) in [6.45, 7) is 0.666. The van der Waals surface area contributed by atoms with Gasteiger partial charge in [0.25, 0.3) is 0 Å². The van der Waals surface area contributed by atoms with Crippen molar-refractivity contribution in [2.24, 2.45) is 11.7 Å². The molecule has 3 atom stereocenters. The predicted octanol–water partition coefficient (Wildman–Crippen LogP) is -0.197. The van der Waals surface area contributed by atoms with Gasteiger partial charge < -0.3 is 5.73 Å². The fourth-order valence-corrected chi connectivity index (χ4v) is 3.11. The Balaban J connectivity index is 2.07. The van der Waals surface area contributed by atoms with Crippen LogP contribution in [0, 0.1) is 5.92 Å². The summed E-state index contributed by atoms with van der Waals surface area (Å²) in [4.78, 5) is 26.8. The normalized spacial score (nSPS) is 34.1. The minimum atomic E-state index is -0.273. The van der Waals surface area contributed by atoms with Gasteiger partial charge in [-0.1, -0.05) is 6.42 Å². The zero-order valence-corrected chi connectivity index (χ0v) is 10.6. The zero-order chi connectivity index (χ0) is 12.6. The van der Waals surface area contributed by atoms with Crippen molar-refractivity contribution in [2.75, 3.05) is 20.6 Å². The highest BCUT2D eigenvalue weighted by Crippen LogP contribution is 2.31. The molecular formula is C12H21N3O2. The molecule has 1 heterocycles. The van der Waals surface area contributed by atoms with Gasteiger partial charge in [-0.15, -0.1) is 0 Å². The van der Waals surface area contributed by atoms with Gasteiger partial charge in [0.05, 0.1) is 12.5 Å². The molecule has 0 spiro atoms. The second kappa shape index (κ2) is 4.74. The van der Waals surface area contributed by atoms with Crippen LogP contribution in [0.25, 0.3) is 0 Å². The lowest BCUT2D eigenvalue weighted by molar-refractivity contribution is -0.138. The smallest absolute Gasteiger partial charge is 0.246 e. The summed E-state index contributed by atoms with van der Waals surface area (Å²) in [6.07, 6.45) is 3.71. The Morgan fingerprint density at radius 3 is 2.65 bits per heavy atom. The van der Waals surface area contributed by atoms with Crippen LogP contribution < -0.4 is 5.73 Å². The van der Waals surface area contributed by atoms with Crippen molar-refractivity contribution in [1.29, 1.82) is 0 Å². The molecule has 2 N–H and O–H groups in total. The Kier molecular flexibility index (Phi) is 3.49. The fourth-order valence-electron chi connectivity index (χ4n) is 3.11. The molecule has 0 bridgehead atoms. The summed E-state index contributed by atoms with van der Waals surface area (Å²) in [6, 6.07) is 0.0814. The quantitative estimate of drug-likeness (QED) is 0.693. The maximum atomic E-state index is 11.9. The number of rotatable bonds is 3. The molecule has 17 heavy (non-hydrogen) atoms. The molecule has 2 rings (SSSR count). The largest absolute Gasteiger partial charge is 0.330 e. The molecule has 0 radical (unpaired) electrons. The van der Waals surface area contributed by atoms with E-state index in [1.165, 1.54) is 11.3 Å². The Labute approximate surface area is 102 Å². The van der Waals surface area contributed by atoms with Crippen LogP contribution in [0.5, 0.6) is 0 Å². The van der Waals surface area contributed by atoms with E-state index in [1.807, 2.05) is 7.05 Å². The highest BCUT2D eigenvalue weighted by molar-refractivity contribution is 6.05. The van der Waals surface area contributed by atoms with E-state index in [4.69, 9.17) is 5.73 Å². The van der Waals surface area contributed by atoms with Gasteiger partial charge >= 0.3 is 0 Å². The SMILES string of the molecule is CN1C(=O)CC(N(C)C2CCCC2CN)C1=O. The van der Waals surface area contributed by atoms with Crippen LogP contribution in [0.4, 0.5) is 0 Å². The molecule has 3 unspecified atom stereocenters. The topological polar surface area (TPSA) is 66.6 Å². The van der Waals surface area contributed by atoms with Crippen molar-refractivity contribution in [3.05, 3.63) is 0 Å². The van der Waals surface area contributed by atoms with Gasteiger partial charge in [-0.25, -0.2) is 0 Å². The number of amides is 2. The number of nitrogens with two attached hydrogens (primary N) is 1. The van der Waals surface area contributed by atoms with Gasteiger partial charge in [0.2, 0.25) is 11.8 Å². The highest BCUT2D eigenvalue weighted by Gasteiger charge is 2.42. The zero-order valence-electron chi connectivity index (χ0n) is 10.6. The van der Waals surface area contributed by atoms with E-state index >= 15 is 0 Å². The standard InChI is InChI=1S/C12H21N3O2/c1-14(9-5-3-4-8(9)7-13)10-6-11(16)15(2)12(10)17/h8-10H,3-7,13H2,1-2H3. The van der Waals surface area contributed by atoms with Crippen molar-refractivity contribution in [3.8, 4) is 0 Å². The van der Waals surface area contributed by atoms with Crippen molar-refractivity contribution in [2.45, 2.75) is 37.8 Å². The molecule has 0 aromatic rings. The maximum Gasteiger partial charge on any atom is 0.246 e. The van der Waals surface area contributed by atoms with E-state index in [9.17, 15) is 9.59 Å². The first-order valence-electron chi connectivity index (χ1n) is 6.28. The molecular weight excluding hydrogens is 218 g/mol. The van der Waals surface area contributed by atoms with Gasteiger partial charge in [0, 0.05) is 13.1 Å². The lowest BCUT2D eigenvalue weighted by Gasteiger charge is -2.32. The number of hydrogen-bond donors (Lipinski definition) is 1. The first-order chi connectivity index (χ1) is 8.06. The molecule has 5 heteroatoms. The Hall–Kier alpha value is -0.940. The molecule has 2 amide bonds. The molecule has 1 aliphatic heterocycles. The number of likely N-dealkylation sites (tertiary alicyclic amines) is 1. The fraction of sp³-hybridized carbons (Fsp3) is 0.833. The summed E-state index contributed by atoms with van der Waals surface area (Å²) in [5.74, 6) is 0.322. The first-order valence-corrected chi connectivity index (χ1v) is 6.28. The third-order valence-corrected chi connectivity index (χ3v) is 4.29. The average Bonchev–Trinajstić information content (AvgIpc) is 2.89. The molecule has 0 aromatic heterocycles. The summed E-state index contributed by atoms with van der Waals surface area (Å²) in [7, 11) is 3.52. The maximum absolute atomic E-state index is 11.9. The van der Waals surface area contributed by atoms with E-state index in [2.05, 4.69) is 4.90 Å². The predicted molar refractivity (Wildman–Crippen MR) is 64.1 cm³/mol. The minimum absolute atomic E-state index is 0.0693. The van der Waals surface area contributed by atoms with E-state index in [1.54, 1.807) is 7.05 Å². The molecule has 2 aliphatic rings. The van der Waals surface area contributed by atoms with Crippen molar-refractivity contribution in [1.82, 2.24) is 9.80 Å². The number of likely N-dealkylation sites (N-methyl/N-ethyl adjacent to an activating group) is 2. The molecule has 0 aromatic carbocycles. The van der Waals surface area contributed by atoms with Gasteiger partial charge in [-0.3, -0.25) is 19.4 Å². The number of hydrogen-bond acceptors (Lipinski definition) is 4. The average molecular weight is 239 g/mol. The summed E-state index contributed by atoms with van der Waals surface area (Å²) in [5, 5.41) is 0. The van der Waals surface area contributed by atoms with Crippen LogP contribution in [0.1, 0.15) is 25.7 Å². The van der Waals surface area contributed by atoms with Crippen LogP contribution in [0.2, 0.25) is 0 Å². The molecule has 5 nitrogen and oxygen atoms in total. The molecule has 96 valence electrons. The van der Waals surface area contributed by atoms with Gasteiger partial charge in [-0.2, -0.15) is 0 Å². The molecule has 1 aliphatic carbocycles. The first kappa shape index (κ1) is 12.5. The monoisotopic (exact) mass is 239 g/mol. The Bertz CT molecular complexity index is 332. The third-order valence-electron chi connectivity index (χ3n) is 4.29. The van der Waals surface area contributed by atoms with Gasteiger partial charge in [0.15, 0.2) is 0 Å². The number of imide groups is 1. The van der Waals surface area contributed by atoms with Crippen LogP contribution in [-0.2, 0) is 9.59 Å². The number of nitrogens with zero attached hydrogens (tertiary/aromatic N) is 2. The van der Waals surface area contributed by atoms with E-state index < -0.39 is 0 Å². The summed E-state index contributed by atoms with van der Waals surface area (Å²) in [5.41, 5.74) is 5.76. The minimum Gasteiger partial charge on any atom is -0.330 e. The van der Waals surface area contributed by atoms with E-state index in [0.29, 0.717) is 24.9 Å². The lowest BCUT2D eigenvalue weighted by atomic mass is 10.0. The third kappa shape index (κ3) is 2.09. The number of carbonyl (C=O) groups excluding carboxylic acids is 2. The van der Waals surface area contributed by atoms with Gasteiger partial charge in [-0.05, 0) is 32.4 Å². The second-order valence-electron chi connectivity index (χ2n) is 5.17. The second-order valence-corrected chi connectivity index (χ2v) is 5.17. The molecule has 2 fully saturated rings. The summed E-state index contributed by atoms with van der Waals surface area (Å²) < 4.78 is 0. The lowest BCUT2D eigenvalue weighted by Crippen LogP contribution is -2.47. The van der Waals surface area contributed by atoms with Crippen molar-refractivity contribution < 1.29 is 9.59 Å². The summed E-state index contributed by atoms with van der Waals surface area (Å²) >= 11 is 0. The van der Waals surface area contributed by atoms with Crippen LogP contribution in [-0.4, -0.2) is 54.3 Å². The highest BCUT2D eigenvalue weighted by atomic mass is 16.2. The van der Waals surface area contributed by atoms with Crippen LogP contribution >= 0.6 is 0 Å². The Morgan fingerprint density at radius 2 is 2.12 bits per heavy atom. The van der Waals surface area contributed by atoms with Crippen LogP contribution in [0.15, 0.2) is 0 Å². The van der Waals surface area contributed by atoms with Crippen LogP contribution in [0.3, 0.4) is 0 Å².